The van der Waals surface area contributed by atoms with Crippen molar-refractivity contribution in [3.05, 3.63) is 195 Å². The minimum atomic E-state index is -4.25. The second kappa shape index (κ2) is 42.8. The summed E-state index contributed by atoms with van der Waals surface area (Å²) in [5.41, 5.74) is 20.8. The van der Waals surface area contributed by atoms with E-state index in [-0.39, 0.29) is 41.3 Å². The number of anilines is 6. The number of ether oxygens (including phenoxy) is 6. The summed E-state index contributed by atoms with van der Waals surface area (Å²) in [6, 6.07) is 41.0. The number of pyridine rings is 1. The Morgan fingerprint density at radius 1 is 0.509 bits per heavy atom. The molecule has 116 heavy (non-hydrogen) atoms. The normalized spacial score (nSPS) is 10.8. The van der Waals surface area contributed by atoms with E-state index in [1.807, 2.05) is 144 Å². The van der Waals surface area contributed by atoms with Crippen LogP contribution in [0.2, 0.25) is 0 Å². The fourth-order valence-corrected chi connectivity index (χ4v) is 12.0. The average molecular weight is 1590 g/mol. The van der Waals surface area contributed by atoms with Crippen LogP contribution in [0.3, 0.4) is 0 Å². The first-order chi connectivity index (χ1) is 54.8. The number of methoxy groups -OCH3 is 6. The molecule has 13 rings (SSSR count). The molecule has 0 fully saturated rings. The number of halogens is 3. The van der Waals surface area contributed by atoms with E-state index in [1.165, 1.54) is 0 Å². The molecule has 0 bridgehead atoms. The van der Waals surface area contributed by atoms with E-state index in [9.17, 15) is 18.0 Å². The van der Waals surface area contributed by atoms with Crippen LogP contribution >= 0.6 is 0 Å². The fourth-order valence-electron chi connectivity index (χ4n) is 12.0. The summed E-state index contributed by atoms with van der Waals surface area (Å²) in [6.45, 7) is 7.43. The van der Waals surface area contributed by atoms with E-state index in [0.29, 0.717) is 83.2 Å². The lowest BCUT2D eigenvalue weighted by Gasteiger charge is -2.26. The predicted octanol–water partition coefficient (Wildman–Crippen LogP) is 14.9. The third-order valence-electron chi connectivity index (χ3n) is 17.8. The summed E-state index contributed by atoms with van der Waals surface area (Å²) in [4.78, 5) is 50.7. The number of hydrogen-bond acceptors (Lipinski definition) is 23. The second-order valence-corrected chi connectivity index (χ2v) is 26.1. The highest BCUT2D eigenvalue weighted by molar-refractivity contribution is 5.86. The Morgan fingerprint density at radius 2 is 0.940 bits per heavy atom. The van der Waals surface area contributed by atoms with Gasteiger partial charge in [-0.3, -0.25) is 33.8 Å². The number of carbonyl (C=O) groups excluding carboxylic acids is 1. The number of carbonyl (C=O) groups is 1. The maximum Gasteiger partial charge on any atom is 0.401 e. The maximum absolute atomic E-state index is 12.6. The van der Waals surface area contributed by atoms with Crippen LogP contribution in [0.1, 0.15) is 61.1 Å². The van der Waals surface area contributed by atoms with Crippen molar-refractivity contribution in [1.82, 2.24) is 80.2 Å². The highest BCUT2D eigenvalue weighted by Gasteiger charge is 2.26. The number of nitrogens with zero attached hydrogens (tertiary/aromatic N) is 16. The van der Waals surface area contributed by atoms with Crippen LogP contribution < -0.4 is 64.8 Å². The summed E-state index contributed by atoms with van der Waals surface area (Å²) in [7, 11) is 13.2. The lowest BCUT2D eigenvalue weighted by molar-refractivity contribution is -0.124. The van der Waals surface area contributed by atoms with E-state index in [2.05, 4.69) is 92.7 Å². The summed E-state index contributed by atoms with van der Waals surface area (Å²) < 4.78 is 75.9. The predicted molar refractivity (Wildman–Crippen MR) is 453 cm³/mol. The zero-order chi connectivity index (χ0) is 79.8. The second-order valence-electron chi connectivity index (χ2n) is 26.1. The number of nitrogens with one attached hydrogen (secondary N) is 3. The largest absolute Gasteiger partial charge is 0.497 e. The molecule has 7 heterocycles. The zero-order valence-corrected chi connectivity index (χ0v) is 64.7. The third-order valence-corrected chi connectivity index (χ3v) is 17.8. The number of fused-ring (bicyclic) bond motifs is 3. The molecule has 0 unspecified atom stereocenters. The monoisotopic (exact) mass is 1580 g/mol. The lowest BCUT2D eigenvalue weighted by atomic mass is 10.1. The molecule has 7 aromatic heterocycles. The average Bonchev–Trinajstić information content (AvgIpc) is 1.06. The molecule has 6 aromatic carbocycles. The Kier molecular flexibility index (Phi) is 32.7. The quantitative estimate of drug-likeness (QED) is 0.0232. The number of nitrogens with two attached hydrogens (primary N) is 1. The van der Waals surface area contributed by atoms with Crippen LogP contribution in [0.5, 0.6) is 34.5 Å². The van der Waals surface area contributed by atoms with Crippen LogP contribution in [-0.2, 0) is 24.9 Å². The molecule has 0 aliphatic rings. The standard InChI is InChI=1S/C28H35N7O3.C28H24N6O2.C27H32F3N7O2.3CH4/c1-19(2)30-9-6-10-35(22-11-23(37-4)14-24(12-22)38-5)21-7-8-25-26(13-21)33-27(16-31-25)20-15-32-34(17-20)18-28(36)29-3;1-33-19-20(17-31-33)28-18-30-26-10-9-22(15-27(26)32-28)34(12-6-8-21-7-4-5-11-29-21)23-13-24(35-2)16-25(14-23)36-3;1-38-22-11-21(12-23(14-22)39-2)37(10-4-8-32-18-27(28,29)30)20-5-6-24-25(13-20)35-26(16-33-24)19-15-34-36(17-19)9-3-7-31;;;/h7-8,11-17,19,30H,6,9-10,18H2,1-5H3,(H,29,36);4-5,7,9-11,13-19H,12H2,1-3H3;5-6,11-17,32H,3-4,7-10,18,31H2,1-2H3;3*1H4. The molecular formula is C86H103F3N20O7. The van der Waals surface area contributed by atoms with Crippen LogP contribution in [0, 0.1) is 11.8 Å². The number of aromatic nitrogens is 13. The topological polar surface area (TPSA) is 288 Å². The Hall–Kier alpha value is -13.0. The molecule has 0 radical (unpaired) electrons. The summed E-state index contributed by atoms with van der Waals surface area (Å²) >= 11 is 0. The van der Waals surface area contributed by atoms with E-state index in [1.54, 1.807) is 115 Å². The third kappa shape index (κ3) is 24.3. The van der Waals surface area contributed by atoms with E-state index in [4.69, 9.17) is 49.1 Å². The van der Waals surface area contributed by atoms with Gasteiger partial charge in [-0.2, -0.15) is 28.5 Å². The van der Waals surface area contributed by atoms with Gasteiger partial charge < -0.3 is 64.8 Å². The number of alkyl halides is 3. The van der Waals surface area contributed by atoms with Gasteiger partial charge in [0, 0.05) is 170 Å². The Balaban J connectivity index is 0.000000215. The molecule has 30 heteroatoms. The van der Waals surface area contributed by atoms with Crippen LogP contribution in [0.25, 0.3) is 66.9 Å². The van der Waals surface area contributed by atoms with Gasteiger partial charge in [0.05, 0.1) is 143 Å². The first-order valence-electron chi connectivity index (χ1n) is 36.5. The van der Waals surface area contributed by atoms with Crippen molar-refractivity contribution in [3.63, 3.8) is 0 Å². The molecule has 13 aromatic rings. The van der Waals surface area contributed by atoms with E-state index in [0.717, 1.165) is 123 Å². The smallest absolute Gasteiger partial charge is 0.401 e. The van der Waals surface area contributed by atoms with Crippen molar-refractivity contribution in [1.29, 1.82) is 0 Å². The molecule has 0 saturated heterocycles. The minimum Gasteiger partial charge on any atom is -0.497 e. The molecule has 610 valence electrons. The Morgan fingerprint density at radius 3 is 1.35 bits per heavy atom. The number of likely N-dealkylation sites (N-methyl/N-ethyl adjacent to an activating group) is 1. The van der Waals surface area contributed by atoms with Crippen molar-refractivity contribution >= 4 is 73.1 Å². The van der Waals surface area contributed by atoms with Gasteiger partial charge in [-0.05, 0) is 112 Å². The van der Waals surface area contributed by atoms with Gasteiger partial charge in [-0.25, -0.2) is 19.9 Å². The number of hydrogen-bond donors (Lipinski definition) is 4. The number of benzene rings is 6. The molecule has 0 aliphatic carbocycles. The molecule has 0 aliphatic heterocycles. The molecule has 5 N–H and O–H groups in total. The van der Waals surface area contributed by atoms with Gasteiger partial charge in [0.2, 0.25) is 5.91 Å². The molecule has 27 nitrogen and oxygen atoms in total. The first kappa shape index (κ1) is 88.6. The first-order valence-corrected chi connectivity index (χ1v) is 36.5. The molecule has 0 spiro atoms. The van der Waals surface area contributed by atoms with Gasteiger partial charge in [0.1, 0.15) is 46.7 Å². The Labute approximate surface area is 675 Å². The number of amides is 1. The number of aryl methyl sites for hydroxylation is 2. The van der Waals surface area contributed by atoms with E-state index >= 15 is 0 Å². The highest BCUT2D eigenvalue weighted by Crippen LogP contribution is 2.38. The molecular weight excluding hydrogens is 1480 g/mol. The van der Waals surface area contributed by atoms with Crippen molar-refractivity contribution < 1.29 is 46.4 Å². The van der Waals surface area contributed by atoms with Gasteiger partial charge in [-0.1, -0.05) is 48.1 Å². The Bertz CT molecular complexity index is 5310. The fraction of sp³-hybridized carbons (Fsp3) is 0.314. The molecule has 0 saturated carbocycles. The van der Waals surface area contributed by atoms with Gasteiger partial charge in [0.15, 0.2) is 0 Å². The molecule has 0 atom stereocenters. The SMILES string of the molecule is C.C.C.CNC(=O)Cn1cc(-c2cnc3ccc(N(CCCNC(C)C)c4cc(OC)cc(OC)c4)cc3n2)cn1.COc1cc(OC)cc(N(CC#Cc2ccccn2)c2ccc3ncc(-c4cnn(C)c4)nc3c2)c1.COc1cc(OC)cc(N(CCCNCC(F)(F)F)c2ccc3ncc(-c4cnn(CCCN)c4)nc3c2)c1. The van der Waals surface area contributed by atoms with Crippen molar-refractivity contribution in [2.75, 3.05) is 110 Å². The highest BCUT2D eigenvalue weighted by atomic mass is 19.4. The summed E-state index contributed by atoms with van der Waals surface area (Å²) in [5.74, 6) is 10.3. The van der Waals surface area contributed by atoms with E-state index < -0.39 is 12.7 Å². The lowest BCUT2D eigenvalue weighted by Crippen LogP contribution is -2.31. The zero-order valence-electron chi connectivity index (χ0n) is 64.7. The van der Waals surface area contributed by atoms with Gasteiger partial charge in [0.25, 0.3) is 0 Å². The van der Waals surface area contributed by atoms with Crippen molar-refractivity contribution in [2.45, 2.75) is 80.7 Å². The minimum absolute atomic E-state index is 0. The molecule has 1 amide bonds. The van der Waals surface area contributed by atoms with Crippen LogP contribution in [0.15, 0.2) is 189 Å². The van der Waals surface area contributed by atoms with Gasteiger partial charge in [-0.15, -0.1) is 0 Å². The van der Waals surface area contributed by atoms with Crippen LogP contribution in [0.4, 0.5) is 47.3 Å². The van der Waals surface area contributed by atoms with Crippen molar-refractivity contribution in [3.8, 4) is 80.1 Å². The van der Waals surface area contributed by atoms with Crippen molar-refractivity contribution in [2.24, 2.45) is 12.8 Å². The van der Waals surface area contributed by atoms with Crippen LogP contribution in [-0.4, -0.2) is 178 Å². The summed E-state index contributed by atoms with van der Waals surface area (Å²) in [5, 5.41) is 21.5. The maximum atomic E-state index is 12.6. The summed E-state index contributed by atoms with van der Waals surface area (Å²) in [6.07, 6.45) is 15.8. The number of rotatable bonds is 31. The van der Waals surface area contributed by atoms with Gasteiger partial charge >= 0.3 is 6.18 Å².